The maximum atomic E-state index is 11.8. The standard InChI is InChI=1S/C20H21ClN2OS.ClH/c21-17-9-4-8-16(14-17)20(24)18(11-10-15-6-2-1-3-7-15)25-19-22-12-5-13-23(19)20;/h1-4,6-9,14,18,24H,5,10-13H2;1H. The minimum absolute atomic E-state index is 0. The summed E-state index contributed by atoms with van der Waals surface area (Å²) in [5, 5.41) is 13.4. The van der Waals surface area contributed by atoms with E-state index in [-0.39, 0.29) is 17.7 Å². The minimum Gasteiger partial charge on any atom is -0.366 e. The summed E-state index contributed by atoms with van der Waals surface area (Å²) in [6, 6.07) is 18.1. The van der Waals surface area contributed by atoms with Crippen molar-refractivity contribution in [1.29, 1.82) is 0 Å². The number of nitrogens with zero attached hydrogens (tertiary/aromatic N) is 2. The normalized spacial score (nSPS) is 24.6. The van der Waals surface area contributed by atoms with Crippen molar-refractivity contribution in [2.75, 3.05) is 13.1 Å². The van der Waals surface area contributed by atoms with Crippen LogP contribution in [0.4, 0.5) is 0 Å². The van der Waals surface area contributed by atoms with Crippen LogP contribution in [0.2, 0.25) is 5.02 Å². The van der Waals surface area contributed by atoms with Crippen LogP contribution in [0.1, 0.15) is 24.0 Å². The Kier molecular flexibility index (Phi) is 6.18. The maximum Gasteiger partial charge on any atom is 0.178 e. The number of hydrogen-bond donors (Lipinski definition) is 1. The zero-order chi connectivity index (χ0) is 17.3. The van der Waals surface area contributed by atoms with Crippen molar-refractivity contribution in [2.45, 2.75) is 30.2 Å². The Morgan fingerprint density at radius 2 is 2.00 bits per heavy atom. The van der Waals surface area contributed by atoms with E-state index >= 15 is 0 Å². The SMILES string of the molecule is Cl.OC1(c2cccc(Cl)c2)C(CCc2ccccc2)SC2=NCCCN21. The number of benzene rings is 2. The van der Waals surface area contributed by atoms with Crippen molar-refractivity contribution < 1.29 is 5.11 Å². The van der Waals surface area contributed by atoms with Gasteiger partial charge < -0.3 is 10.0 Å². The summed E-state index contributed by atoms with van der Waals surface area (Å²) in [6.45, 7) is 1.67. The van der Waals surface area contributed by atoms with Crippen LogP contribution in [-0.4, -0.2) is 33.5 Å². The third-order valence-corrected chi connectivity index (χ3v) is 6.56. The molecule has 0 aromatic heterocycles. The molecule has 26 heavy (non-hydrogen) atoms. The Labute approximate surface area is 169 Å². The monoisotopic (exact) mass is 408 g/mol. The number of amidine groups is 1. The molecule has 2 aromatic rings. The summed E-state index contributed by atoms with van der Waals surface area (Å²) in [5.74, 6) is 0. The van der Waals surface area contributed by atoms with Crippen molar-refractivity contribution in [2.24, 2.45) is 4.99 Å². The van der Waals surface area contributed by atoms with Crippen molar-refractivity contribution in [3.05, 3.63) is 70.7 Å². The molecular formula is C20H22Cl2N2OS. The van der Waals surface area contributed by atoms with Crippen LogP contribution in [0.3, 0.4) is 0 Å². The highest BCUT2D eigenvalue weighted by Crippen LogP contribution is 2.48. The first-order valence-electron chi connectivity index (χ1n) is 8.69. The Morgan fingerprint density at radius 3 is 2.77 bits per heavy atom. The van der Waals surface area contributed by atoms with Gasteiger partial charge in [0.05, 0.1) is 5.25 Å². The third-order valence-electron chi connectivity index (χ3n) is 4.91. The molecule has 6 heteroatoms. The highest BCUT2D eigenvalue weighted by Gasteiger charge is 2.52. The van der Waals surface area contributed by atoms with E-state index in [1.54, 1.807) is 11.8 Å². The first-order chi connectivity index (χ1) is 12.2. The molecular weight excluding hydrogens is 387 g/mol. The maximum absolute atomic E-state index is 11.8. The van der Waals surface area contributed by atoms with E-state index in [9.17, 15) is 5.11 Å². The van der Waals surface area contributed by atoms with Gasteiger partial charge in [0.2, 0.25) is 0 Å². The van der Waals surface area contributed by atoms with Crippen LogP contribution in [0.25, 0.3) is 0 Å². The van der Waals surface area contributed by atoms with E-state index in [2.05, 4.69) is 34.2 Å². The minimum atomic E-state index is -1.05. The Bertz CT molecular complexity index is 786. The van der Waals surface area contributed by atoms with Gasteiger partial charge in [-0.15, -0.1) is 12.4 Å². The lowest BCUT2D eigenvalue weighted by Gasteiger charge is -2.39. The Balaban J connectivity index is 0.00000196. The van der Waals surface area contributed by atoms with E-state index in [0.29, 0.717) is 5.02 Å². The molecule has 4 rings (SSSR count). The summed E-state index contributed by atoms with van der Waals surface area (Å²) in [7, 11) is 0. The average Bonchev–Trinajstić information content (AvgIpc) is 2.94. The predicted molar refractivity (Wildman–Crippen MR) is 112 cm³/mol. The molecule has 2 heterocycles. The summed E-state index contributed by atoms with van der Waals surface area (Å²) < 4.78 is 0. The molecule has 0 amide bonds. The van der Waals surface area contributed by atoms with Crippen molar-refractivity contribution in [3.63, 3.8) is 0 Å². The Morgan fingerprint density at radius 1 is 1.19 bits per heavy atom. The summed E-state index contributed by atoms with van der Waals surface area (Å²) in [5.41, 5.74) is 1.10. The average molecular weight is 409 g/mol. The lowest BCUT2D eigenvalue weighted by Crippen LogP contribution is -2.50. The molecule has 2 aliphatic heterocycles. The fourth-order valence-corrected chi connectivity index (χ4v) is 5.28. The number of hydrogen-bond acceptors (Lipinski definition) is 4. The van der Waals surface area contributed by atoms with Crippen LogP contribution >= 0.6 is 35.8 Å². The highest BCUT2D eigenvalue weighted by molar-refractivity contribution is 8.14. The first kappa shape index (κ1) is 19.6. The van der Waals surface area contributed by atoms with E-state index < -0.39 is 5.72 Å². The lowest BCUT2D eigenvalue weighted by atomic mass is 9.93. The predicted octanol–water partition coefficient (Wildman–Crippen LogP) is 4.72. The largest absolute Gasteiger partial charge is 0.366 e. The molecule has 0 spiro atoms. The molecule has 2 unspecified atom stereocenters. The van der Waals surface area contributed by atoms with E-state index in [1.165, 1.54) is 5.56 Å². The van der Waals surface area contributed by atoms with Crippen molar-refractivity contribution in [1.82, 2.24) is 4.90 Å². The van der Waals surface area contributed by atoms with Crippen LogP contribution < -0.4 is 0 Å². The third kappa shape index (κ3) is 3.61. The number of rotatable bonds is 4. The van der Waals surface area contributed by atoms with Crippen LogP contribution in [0, 0.1) is 0 Å². The second kappa shape index (κ2) is 8.22. The second-order valence-corrected chi connectivity index (χ2v) is 8.14. The fraction of sp³-hybridized carbons (Fsp3) is 0.350. The molecule has 0 aliphatic carbocycles. The van der Waals surface area contributed by atoms with Gasteiger partial charge in [-0.1, -0.05) is 65.8 Å². The van der Waals surface area contributed by atoms with Gasteiger partial charge >= 0.3 is 0 Å². The summed E-state index contributed by atoms with van der Waals surface area (Å²) >= 11 is 7.92. The highest BCUT2D eigenvalue weighted by atomic mass is 35.5. The molecule has 1 fully saturated rings. The van der Waals surface area contributed by atoms with Gasteiger partial charge in [-0.2, -0.15) is 0 Å². The number of aliphatic hydroxyl groups is 1. The fourth-order valence-electron chi connectivity index (χ4n) is 3.65. The zero-order valence-electron chi connectivity index (χ0n) is 14.3. The van der Waals surface area contributed by atoms with Crippen LogP contribution in [0.5, 0.6) is 0 Å². The molecule has 0 saturated carbocycles. The molecule has 0 bridgehead atoms. The van der Waals surface area contributed by atoms with E-state index in [4.69, 9.17) is 11.6 Å². The van der Waals surface area contributed by atoms with Crippen molar-refractivity contribution >= 4 is 40.9 Å². The first-order valence-corrected chi connectivity index (χ1v) is 9.95. The molecule has 0 radical (unpaired) electrons. The van der Waals surface area contributed by atoms with Crippen molar-refractivity contribution in [3.8, 4) is 0 Å². The van der Waals surface area contributed by atoms with Gasteiger partial charge in [0.1, 0.15) is 0 Å². The van der Waals surface area contributed by atoms with Gasteiger partial charge in [0, 0.05) is 23.7 Å². The molecule has 1 N–H and O–H groups in total. The second-order valence-electron chi connectivity index (χ2n) is 6.54. The molecule has 1 saturated heterocycles. The quantitative estimate of drug-likeness (QED) is 0.794. The Hall–Kier alpha value is -1.20. The smallest absolute Gasteiger partial charge is 0.178 e. The van der Waals surface area contributed by atoms with Gasteiger partial charge in [-0.25, -0.2) is 0 Å². The van der Waals surface area contributed by atoms with E-state index in [0.717, 1.165) is 43.1 Å². The molecule has 2 aliphatic rings. The number of aliphatic imine (C=N–C) groups is 1. The summed E-state index contributed by atoms with van der Waals surface area (Å²) in [6.07, 6.45) is 2.79. The lowest BCUT2D eigenvalue weighted by molar-refractivity contribution is -0.0734. The topological polar surface area (TPSA) is 35.8 Å². The van der Waals surface area contributed by atoms with Crippen LogP contribution in [0.15, 0.2) is 59.6 Å². The summed E-state index contributed by atoms with van der Waals surface area (Å²) in [4.78, 5) is 6.72. The number of aryl methyl sites for hydroxylation is 1. The van der Waals surface area contributed by atoms with Gasteiger partial charge in [0.15, 0.2) is 10.9 Å². The number of halogens is 2. The number of fused-ring (bicyclic) bond motifs is 1. The molecule has 138 valence electrons. The zero-order valence-corrected chi connectivity index (χ0v) is 16.7. The van der Waals surface area contributed by atoms with Gasteiger partial charge in [-0.05, 0) is 37.0 Å². The molecule has 3 nitrogen and oxygen atoms in total. The number of thioether (sulfide) groups is 1. The van der Waals surface area contributed by atoms with E-state index in [1.807, 2.05) is 30.3 Å². The van der Waals surface area contributed by atoms with Gasteiger partial charge in [-0.3, -0.25) is 4.99 Å². The molecule has 2 atom stereocenters. The van der Waals surface area contributed by atoms with Gasteiger partial charge in [0.25, 0.3) is 0 Å². The van der Waals surface area contributed by atoms with Crippen LogP contribution in [-0.2, 0) is 12.1 Å². The molecule has 2 aromatic carbocycles.